The molecule has 0 radical (unpaired) electrons. The highest BCUT2D eigenvalue weighted by atomic mass is 16.1. The number of amides is 1. The molecule has 1 heterocycles. The number of hydrogen-bond donors (Lipinski definition) is 2. The van der Waals surface area contributed by atoms with Crippen LogP contribution in [0.3, 0.4) is 0 Å². The first-order valence-electron chi connectivity index (χ1n) is 7.28. The fourth-order valence-corrected chi connectivity index (χ4v) is 2.73. The maximum Gasteiger partial charge on any atom is 0.239 e. The highest BCUT2D eigenvalue weighted by Gasteiger charge is 2.23. The second kappa shape index (κ2) is 6.70. The molecule has 1 aliphatic rings. The molecular weight excluding hydrogens is 240 g/mol. The molecule has 0 spiro atoms. The van der Waals surface area contributed by atoms with E-state index in [1.807, 2.05) is 17.8 Å². The summed E-state index contributed by atoms with van der Waals surface area (Å²) in [5.74, 6) is -0.320. The Bertz CT molecular complexity index is 407. The predicted molar refractivity (Wildman–Crippen MR) is 74.5 cm³/mol. The minimum Gasteiger partial charge on any atom is -0.368 e. The molecule has 1 aromatic rings. The average molecular weight is 264 g/mol. The van der Waals surface area contributed by atoms with Gasteiger partial charge in [0.15, 0.2) is 0 Å². The minimum absolute atomic E-state index is 0.320. The van der Waals surface area contributed by atoms with Crippen molar-refractivity contribution in [1.82, 2.24) is 15.1 Å². The van der Waals surface area contributed by atoms with E-state index >= 15 is 0 Å². The Kier molecular flexibility index (Phi) is 4.96. The maximum atomic E-state index is 11.7. The summed E-state index contributed by atoms with van der Waals surface area (Å²) in [7, 11) is 0. The van der Waals surface area contributed by atoms with Crippen LogP contribution in [0.15, 0.2) is 12.4 Å². The first-order valence-corrected chi connectivity index (χ1v) is 7.28. The molecule has 3 N–H and O–H groups in total. The van der Waals surface area contributed by atoms with E-state index in [4.69, 9.17) is 5.73 Å². The average Bonchev–Trinajstić information content (AvgIpc) is 2.72. The summed E-state index contributed by atoms with van der Waals surface area (Å²) in [5, 5.41) is 7.64. The van der Waals surface area contributed by atoms with Crippen LogP contribution in [0.2, 0.25) is 0 Å². The van der Waals surface area contributed by atoms with Gasteiger partial charge in [-0.25, -0.2) is 0 Å². The lowest BCUT2D eigenvalue weighted by atomic mass is 10.0. The van der Waals surface area contributed by atoms with Gasteiger partial charge in [0.2, 0.25) is 5.91 Å². The van der Waals surface area contributed by atoms with Crippen molar-refractivity contribution >= 4 is 5.91 Å². The Labute approximate surface area is 114 Å². The normalized spacial score (nSPS) is 19.0. The smallest absolute Gasteiger partial charge is 0.239 e. The SMILES string of the molecule is CCn1cc(C(NC2CCCCCC2)C(N)=O)cn1. The zero-order valence-corrected chi connectivity index (χ0v) is 11.6. The summed E-state index contributed by atoms with van der Waals surface area (Å²) in [6.45, 7) is 2.82. The van der Waals surface area contributed by atoms with Gasteiger partial charge >= 0.3 is 0 Å². The minimum atomic E-state index is -0.414. The topological polar surface area (TPSA) is 72.9 Å². The molecule has 0 aromatic carbocycles. The van der Waals surface area contributed by atoms with Crippen molar-refractivity contribution in [2.75, 3.05) is 0 Å². The van der Waals surface area contributed by atoms with Gasteiger partial charge < -0.3 is 5.73 Å². The molecular formula is C14H24N4O. The number of aryl methyl sites for hydroxylation is 1. The first-order chi connectivity index (χ1) is 9.20. The Morgan fingerprint density at radius 1 is 1.47 bits per heavy atom. The van der Waals surface area contributed by atoms with E-state index in [0.717, 1.165) is 24.9 Å². The second-order valence-corrected chi connectivity index (χ2v) is 5.32. The van der Waals surface area contributed by atoms with Gasteiger partial charge in [0.1, 0.15) is 6.04 Å². The summed E-state index contributed by atoms with van der Waals surface area (Å²) in [6, 6.07) is -0.0200. The number of primary amides is 1. The van der Waals surface area contributed by atoms with Crippen molar-refractivity contribution in [1.29, 1.82) is 0 Å². The summed E-state index contributed by atoms with van der Waals surface area (Å²) < 4.78 is 1.82. The summed E-state index contributed by atoms with van der Waals surface area (Å²) in [6.07, 6.45) is 11.0. The molecule has 0 saturated heterocycles. The summed E-state index contributed by atoms with van der Waals surface area (Å²) in [5.41, 5.74) is 6.41. The number of carbonyl (C=O) groups is 1. The second-order valence-electron chi connectivity index (χ2n) is 5.32. The number of nitrogens with zero attached hydrogens (tertiary/aromatic N) is 2. The number of rotatable bonds is 5. The van der Waals surface area contributed by atoms with Gasteiger partial charge in [-0.15, -0.1) is 0 Å². The van der Waals surface area contributed by atoms with E-state index in [1.54, 1.807) is 6.20 Å². The van der Waals surface area contributed by atoms with Crippen LogP contribution in [0.25, 0.3) is 0 Å². The number of aromatic nitrogens is 2. The van der Waals surface area contributed by atoms with Gasteiger partial charge in [-0.3, -0.25) is 14.8 Å². The zero-order valence-electron chi connectivity index (χ0n) is 11.6. The quantitative estimate of drug-likeness (QED) is 0.796. The van der Waals surface area contributed by atoms with E-state index in [2.05, 4.69) is 10.4 Å². The third-order valence-electron chi connectivity index (χ3n) is 3.85. The van der Waals surface area contributed by atoms with E-state index in [9.17, 15) is 4.79 Å². The molecule has 1 atom stereocenters. The van der Waals surface area contributed by atoms with E-state index in [-0.39, 0.29) is 5.91 Å². The number of hydrogen-bond acceptors (Lipinski definition) is 3. The molecule has 5 nitrogen and oxygen atoms in total. The molecule has 1 fully saturated rings. The Hall–Kier alpha value is -1.36. The molecule has 2 rings (SSSR count). The van der Waals surface area contributed by atoms with E-state index in [1.165, 1.54) is 25.7 Å². The molecule has 5 heteroatoms. The number of nitrogens with one attached hydrogen (secondary N) is 1. The fourth-order valence-electron chi connectivity index (χ4n) is 2.73. The Morgan fingerprint density at radius 2 is 2.16 bits per heavy atom. The predicted octanol–water partition coefficient (Wildman–Crippen LogP) is 1.74. The molecule has 1 saturated carbocycles. The van der Waals surface area contributed by atoms with Gasteiger partial charge in [0.25, 0.3) is 0 Å². The van der Waals surface area contributed by atoms with Crippen molar-refractivity contribution < 1.29 is 4.79 Å². The van der Waals surface area contributed by atoms with Crippen LogP contribution in [0.4, 0.5) is 0 Å². The molecule has 1 unspecified atom stereocenters. The third-order valence-corrected chi connectivity index (χ3v) is 3.85. The highest BCUT2D eigenvalue weighted by Crippen LogP contribution is 2.21. The van der Waals surface area contributed by atoms with Gasteiger partial charge in [-0.2, -0.15) is 5.10 Å². The van der Waals surface area contributed by atoms with Gasteiger partial charge in [-0.1, -0.05) is 25.7 Å². The van der Waals surface area contributed by atoms with Crippen LogP contribution >= 0.6 is 0 Å². The summed E-state index contributed by atoms with van der Waals surface area (Å²) in [4.78, 5) is 11.7. The Morgan fingerprint density at radius 3 is 2.68 bits per heavy atom. The van der Waals surface area contributed by atoms with Crippen molar-refractivity contribution in [3.63, 3.8) is 0 Å². The van der Waals surface area contributed by atoms with Crippen LogP contribution in [0.1, 0.15) is 57.1 Å². The van der Waals surface area contributed by atoms with E-state index in [0.29, 0.717) is 6.04 Å². The molecule has 1 amide bonds. The number of nitrogens with two attached hydrogens (primary N) is 1. The molecule has 1 aliphatic carbocycles. The van der Waals surface area contributed by atoms with Crippen molar-refractivity contribution in [2.24, 2.45) is 5.73 Å². The fraction of sp³-hybridized carbons (Fsp3) is 0.714. The lowest BCUT2D eigenvalue weighted by molar-refractivity contribution is -0.120. The Balaban J connectivity index is 2.04. The van der Waals surface area contributed by atoms with Crippen molar-refractivity contribution in [3.8, 4) is 0 Å². The lowest BCUT2D eigenvalue weighted by Crippen LogP contribution is -2.39. The zero-order chi connectivity index (χ0) is 13.7. The molecule has 19 heavy (non-hydrogen) atoms. The van der Waals surface area contributed by atoms with Gasteiger partial charge in [-0.05, 0) is 19.8 Å². The van der Waals surface area contributed by atoms with Crippen LogP contribution in [0.5, 0.6) is 0 Å². The van der Waals surface area contributed by atoms with Crippen LogP contribution in [-0.4, -0.2) is 21.7 Å². The monoisotopic (exact) mass is 264 g/mol. The lowest BCUT2D eigenvalue weighted by Gasteiger charge is -2.22. The molecule has 0 aliphatic heterocycles. The summed E-state index contributed by atoms with van der Waals surface area (Å²) >= 11 is 0. The van der Waals surface area contributed by atoms with E-state index < -0.39 is 6.04 Å². The number of carbonyl (C=O) groups excluding carboxylic acids is 1. The van der Waals surface area contributed by atoms with Crippen molar-refractivity contribution in [2.45, 2.75) is 64.1 Å². The van der Waals surface area contributed by atoms with Gasteiger partial charge in [0.05, 0.1) is 6.20 Å². The standard InChI is InChI=1S/C14H24N4O/c1-2-18-10-11(9-16-18)13(14(15)19)17-12-7-5-3-4-6-8-12/h9-10,12-13,17H,2-8H2,1H3,(H2,15,19). The van der Waals surface area contributed by atoms with Crippen LogP contribution in [-0.2, 0) is 11.3 Å². The first kappa shape index (κ1) is 14.1. The van der Waals surface area contributed by atoms with Crippen LogP contribution in [0, 0.1) is 0 Å². The molecule has 106 valence electrons. The third kappa shape index (κ3) is 3.80. The van der Waals surface area contributed by atoms with Crippen LogP contribution < -0.4 is 11.1 Å². The molecule has 0 bridgehead atoms. The maximum absolute atomic E-state index is 11.7. The van der Waals surface area contributed by atoms with Crippen molar-refractivity contribution in [3.05, 3.63) is 18.0 Å². The molecule has 1 aromatic heterocycles. The highest BCUT2D eigenvalue weighted by molar-refractivity contribution is 5.81. The largest absolute Gasteiger partial charge is 0.368 e. The van der Waals surface area contributed by atoms with Gasteiger partial charge in [0, 0.05) is 24.3 Å².